The molecule has 4 aliphatic rings. The summed E-state index contributed by atoms with van der Waals surface area (Å²) in [6.07, 6.45) is 5.22. The minimum Gasteiger partial charge on any atom is -0.483 e. The maximum Gasteiger partial charge on any atom is 0.290 e. The highest BCUT2D eigenvalue weighted by Gasteiger charge is 2.33. The number of benzene rings is 1. The summed E-state index contributed by atoms with van der Waals surface area (Å²) in [4.78, 5) is 26.1. The van der Waals surface area contributed by atoms with Gasteiger partial charge in [0, 0.05) is 37.6 Å². The lowest BCUT2D eigenvalue weighted by atomic mass is 9.99. The molecular formula is C21H26N4O4. The van der Waals surface area contributed by atoms with Crippen LogP contribution < -0.4 is 0 Å². The molecule has 1 amide bonds. The third kappa shape index (κ3) is 4.04. The zero-order chi connectivity index (χ0) is 20.2. The summed E-state index contributed by atoms with van der Waals surface area (Å²) in [6, 6.07) is 6.61. The third-order valence-electron chi connectivity index (χ3n) is 6.02. The predicted molar refractivity (Wildman–Crippen MR) is 109 cm³/mol. The number of H-pyrrole nitrogens is 1. The molecule has 29 heavy (non-hydrogen) atoms. The molecule has 154 valence electrons. The van der Waals surface area contributed by atoms with Crippen molar-refractivity contribution >= 4 is 28.9 Å². The van der Waals surface area contributed by atoms with E-state index in [1.165, 1.54) is 11.1 Å². The number of aromatic amines is 1. The van der Waals surface area contributed by atoms with Crippen LogP contribution in [0.2, 0.25) is 0 Å². The SMILES string of the molecule is O=C(c1n[nH]c2cc(C3=CCOCC3)ccc12)N1CCN2CCC1CC2.O=CO. The topological polar surface area (TPSA) is 98.8 Å². The third-order valence-corrected chi connectivity index (χ3v) is 6.02. The molecule has 2 N–H and O–H groups in total. The summed E-state index contributed by atoms with van der Waals surface area (Å²) in [5.74, 6) is 0.0723. The molecule has 4 aliphatic heterocycles. The number of carbonyl (C=O) groups is 2. The molecule has 2 aromatic rings. The van der Waals surface area contributed by atoms with Crippen LogP contribution in [0.4, 0.5) is 0 Å². The molecule has 1 aromatic carbocycles. The monoisotopic (exact) mass is 398 g/mol. The van der Waals surface area contributed by atoms with E-state index in [-0.39, 0.29) is 12.4 Å². The van der Waals surface area contributed by atoms with E-state index in [9.17, 15) is 4.79 Å². The molecule has 8 nitrogen and oxygen atoms in total. The van der Waals surface area contributed by atoms with Gasteiger partial charge >= 0.3 is 0 Å². The Kier molecular flexibility index (Phi) is 5.92. The van der Waals surface area contributed by atoms with Crippen LogP contribution in [0.5, 0.6) is 0 Å². The number of aromatic nitrogens is 2. The maximum absolute atomic E-state index is 13.2. The van der Waals surface area contributed by atoms with Crippen molar-refractivity contribution in [3.63, 3.8) is 0 Å². The lowest BCUT2D eigenvalue weighted by Gasteiger charge is -2.31. The highest BCUT2D eigenvalue weighted by atomic mass is 16.5. The number of hydrogen-bond donors (Lipinski definition) is 2. The normalized spacial score (nSPS) is 23.7. The first kappa shape index (κ1) is 19.6. The second-order valence-electron chi connectivity index (χ2n) is 7.56. The zero-order valence-corrected chi connectivity index (χ0v) is 16.3. The van der Waals surface area contributed by atoms with Crippen molar-refractivity contribution in [2.45, 2.75) is 25.3 Å². The van der Waals surface area contributed by atoms with Crippen molar-refractivity contribution in [2.75, 3.05) is 39.4 Å². The van der Waals surface area contributed by atoms with E-state index in [1.54, 1.807) is 0 Å². The van der Waals surface area contributed by atoms with E-state index in [1.807, 2.05) is 6.07 Å². The number of carbonyl (C=O) groups excluding carboxylic acids is 1. The molecule has 3 fully saturated rings. The summed E-state index contributed by atoms with van der Waals surface area (Å²) in [7, 11) is 0. The number of rotatable bonds is 2. The smallest absolute Gasteiger partial charge is 0.290 e. The van der Waals surface area contributed by atoms with Gasteiger partial charge in [0.2, 0.25) is 0 Å². The van der Waals surface area contributed by atoms with Gasteiger partial charge < -0.3 is 19.6 Å². The van der Waals surface area contributed by atoms with E-state index < -0.39 is 0 Å². The Morgan fingerprint density at radius 3 is 2.76 bits per heavy atom. The van der Waals surface area contributed by atoms with Gasteiger partial charge in [0.15, 0.2) is 5.69 Å². The van der Waals surface area contributed by atoms with Crippen molar-refractivity contribution in [3.05, 3.63) is 35.5 Å². The van der Waals surface area contributed by atoms with Gasteiger partial charge in [-0.25, -0.2) is 0 Å². The Morgan fingerprint density at radius 2 is 2.03 bits per heavy atom. The number of nitrogens with zero attached hydrogens (tertiary/aromatic N) is 3. The first-order valence-corrected chi connectivity index (χ1v) is 10.1. The Labute approximate surface area is 169 Å². The molecule has 2 bridgehead atoms. The van der Waals surface area contributed by atoms with E-state index in [0.29, 0.717) is 18.3 Å². The molecule has 0 unspecified atom stereocenters. The number of ether oxygens (including phenoxy) is 1. The lowest BCUT2D eigenvalue weighted by Crippen LogP contribution is -2.41. The first-order chi connectivity index (χ1) is 14.2. The van der Waals surface area contributed by atoms with E-state index >= 15 is 0 Å². The Morgan fingerprint density at radius 1 is 1.24 bits per heavy atom. The van der Waals surface area contributed by atoms with Gasteiger partial charge in [-0.05, 0) is 42.5 Å². The number of fused-ring (bicyclic) bond motifs is 5. The van der Waals surface area contributed by atoms with Crippen molar-refractivity contribution in [1.29, 1.82) is 0 Å². The van der Waals surface area contributed by atoms with Crippen molar-refractivity contribution in [1.82, 2.24) is 20.0 Å². The molecular weight excluding hydrogens is 372 g/mol. The number of nitrogens with one attached hydrogen (secondary N) is 1. The van der Waals surface area contributed by atoms with Crippen LogP contribution in [0, 0.1) is 0 Å². The number of piperidine rings is 1. The zero-order valence-electron chi connectivity index (χ0n) is 16.3. The second kappa shape index (κ2) is 8.75. The Hall–Kier alpha value is -2.71. The van der Waals surface area contributed by atoms with Crippen LogP contribution in [0.1, 0.15) is 35.3 Å². The summed E-state index contributed by atoms with van der Waals surface area (Å²) in [6.45, 7) is 5.20. The molecule has 0 aliphatic carbocycles. The van der Waals surface area contributed by atoms with E-state index in [0.717, 1.165) is 63.0 Å². The standard InChI is InChI=1S/C20H24N4O2.CH2O2/c25-20(24-10-9-23-7-3-16(24)4-8-23)19-17-2-1-15(13-18(17)21-22-19)14-5-11-26-12-6-14;2-1-3/h1-2,5,13,16H,3-4,6-12H2,(H,21,22);1H,(H,2,3). The van der Waals surface area contributed by atoms with Crippen LogP contribution in [-0.2, 0) is 9.53 Å². The molecule has 0 saturated carbocycles. The fourth-order valence-corrected chi connectivity index (χ4v) is 4.46. The van der Waals surface area contributed by atoms with Gasteiger partial charge in [-0.2, -0.15) is 5.10 Å². The van der Waals surface area contributed by atoms with E-state index in [2.05, 4.69) is 38.2 Å². The first-order valence-electron chi connectivity index (χ1n) is 10.1. The number of carboxylic acid groups (broad SMARTS) is 1. The average molecular weight is 398 g/mol. The van der Waals surface area contributed by atoms with Gasteiger partial charge in [-0.15, -0.1) is 0 Å². The molecule has 6 rings (SSSR count). The van der Waals surface area contributed by atoms with Gasteiger partial charge in [0.1, 0.15) is 0 Å². The fourth-order valence-electron chi connectivity index (χ4n) is 4.46. The molecule has 0 spiro atoms. The maximum atomic E-state index is 13.2. The fraction of sp³-hybridized carbons (Fsp3) is 0.476. The molecule has 5 heterocycles. The van der Waals surface area contributed by atoms with Crippen LogP contribution in [0.15, 0.2) is 24.3 Å². The summed E-state index contributed by atoms with van der Waals surface area (Å²) in [5.41, 5.74) is 3.98. The van der Waals surface area contributed by atoms with Gasteiger partial charge in [0.05, 0.1) is 18.7 Å². The number of amides is 1. The molecule has 8 heteroatoms. The summed E-state index contributed by atoms with van der Waals surface area (Å²) in [5, 5.41) is 15.3. The summed E-state index contributed by atoms with van der Waals surface area (Å²) >= 11 is 0. The highest BCUT2D eigenvalue weighted by Crippen LogP contribution is 2.28. The van der Waals surface area contributed by atoms with Crippen LogP contribution >= 0.6 is 0 Å². The lowest BCUT2D eigenvalue weighted by molar-refractivity contribution is -0.122. The quantitative estimate of drug-likeness (QED) is 0.751. The minimum atomic E-state index is -0.250. The highest BCUT2D eigenvalue weighted by molar-refractivity contribution is 6.05. The van der Waals surface area contributed by atoms with Crippen molar-refractivity contribution in [3.8, 4) is 0 Å². The Bertz CT molecular complexity index is 915. The predicted octanol–water partition coefficient (Wildman–Crippen LogP) is 1.99. The van der Waals surface area contributed by atoms with E-state index in [4.69, 9.17) is 14.6 Å². The minimum absolute atomic E-state index is 0.0723. The second-order valence-corrected chi connectivity index (χ2v) is 7.56. The largest absolute Gasteiger partial charge is 0.483 e. The molecule has 0 radical (unpaired) electrons. The Balaban J connectivity index is 0.000000645. The van der Waals surface area contributed by atoms with Gasteiger partial charge in [0.25, 0.3) is 12.4 Å². The van der Waals surface area contributed by atoms with Crippen LogP contribution in [0.3, 0.4) is 0 Å². The van der Waals surface area contributed by atoms with Crippen molar-refractivity contribution < 1.29 is 19.4 Å². The average Bonchev–Trinajstić information content (AvgIpc) is 2.95. The van der Waals surface area contributed by atoms with Crippen LogP contribution in [-0.4, -0.2) is 82.9 Å². The molecule has 3 saturated heterocycles. The number of hydrogen-bond acceptors (Lipinski definition) is 5. The van der Waals surface area contributed by atoms with Gasteiger partial charge in [-0.1, -0.05) is 12.1 Å². The van der Waals surface area contributed by atoms with Crippen LogP contribution in [0.25, 0.3) is 16.5 Å². The molecule has 0 atom stereocenters. The summed E-state index contributed by atoms with van der Waals surface area (Å²) < 4.78 is 5.40. The molecule has 1 aromatic heterocycles. The van der Waals surface area contributed by atoms with Gasteiger partial charge in [-0.3, -0.25) is 14.7 Å². The van der Waals surface area contributed by atoms with Crippen molar-refractivity contribution in [2.24, 2.45) is 0 Å².